The monoisotopic (exact) mass is 210 g/mol. The van der Waals surface area contributed by atoms with Crippen molar-refractivity contribution < 1.29 is 17.3 Å². The molecule has 0 aliphatic carbocycles. The molecule has 0 saturated heterocycles. The second kappa shape index (κ2) is 6.34. The molecule has 0 aliphatic rings. The topological polar surface area (TPSA) is 52.6 Å². The lowest BCUT2D eigenvalue weighted by Crippen LogP contribution is -2.11. The lowest BCUT2D eigenvalue weighted by atomic mass is 10.3. The second-order valence-electron chi connectivity index (χ2n) is 2.97. The molecule has 0 aliphatic heterocycles. The van der Waals surface area contributed by atoms with Crippen LogP contribution in [0.3, 0.4) is 0 Å². The zero-order chi connectivity index (χ0) is 10.3. The molecular weight excluding hydrogens is 192 g/mol. The van der Waals surface area contributed by atoms with E-state index in [0.717, 1.165) is 12.7 Å². The Bertz CT molecular complexity index is 210. The summed E-state index contributed by atoms with van der Waals surface area (Å²) in [6.45, 7) is 4.77. The third-order valence-electron chi connectivity index (χ3n) is 1.56. The van der Waals surface area contributed by atoms with Gasteiger partial charge in [0.2, 0.25) is 0 Å². The standard InChI is InChI=1S/C8H18O4S/c1-4-8(2)11-6-5-7-12-13(3,9)10/h8H,4-7H2,1-3H3/t8-/m0/s1. The van der Waals surface area contributed by atoms with Crippen LogP contribution in [0.4, 0.5) is 0 Å². The molecule has 0 N–H and O–H groups in total. The lowest BCUT2D eigenvalue weighted by molar-refractivity contribution is 0.0559. The van der Waals surface area contributed by atoms with Crippen molar-refractivity contribution in [2.75, 3.05) is 19.5 Å². The first-order valence-corrected chi connectivity index (χ1v) is 6.23. The molecule has 5 heteroatoms. The highest BCUT2D eigenvalue weighted by molar-refractivity contribution is 7.85. The van der Waals surface area contributed by atoms with Crippen LogP contribution >= 0.6 is 0 Å². The van der Waals surface area contributed by atoms with Gasteiger partial charge in [0.25, 0.3) is 10.1 Å². The summed E-state index contributed by atoms with van der Waals surface area (Å²) >= 11 is 0. The summed E-state index contributed by atoms with van der Waals surface area (Å²) in [4.78, 5) is 0. The Hall–Kier alpha value is -0.130. The third-order valence-corrected chi connectivity index (χ3v) is 2.16. The summed E-state index contributed by atoms with van der Waals surface area (Å²) in [5.74, 6) is 0. The maximum Gasteiger partial charge on any atom is 0.264 e. The van der Waals surface area contributed by atoms with Gasteiger partial charge in [0.1, 0.15) is 0 Å². The van der Waals surface area contributed by atoms with Crippen molar-refractivity contribution >= 4 is 10.1 Å². The smallest absolute Gasteiger partial charge is 0.264 e. The van der Waals surface area contributed by atoms with Crippen molar-refractivity contribution in [1.29, 1.82) is 0 Å². The van der Waals surface area contributed by atoms with Gasteiger partial charge in [-0.2, -0.15) is 8.42 Å². The van der Waals surface area contributed by atoms with Crippen LogP contribution < -0.4 is 0 Å². The van der Waals surface area contributed by atoms with E-state index in [4.69, 9.17) is 4.74 Å². The Morgan fingerprint density at radius 1 is 1.31 bits per heavy atom. The van der Waals surface area contributed by atoms with Gasteiger partial charge in [-0.25, -0.2) is 0 Å². The number of hydrogen-bond acceptors (Lipinski definition) is 4. The first-order valence-electron chi connectivity index (χ1n) is 4.41. The van der Waals surface area contributed by atoms with Crippen LogP contribution in [0, 0.1) is 0 Å². The van der Waals surface area contributed by atoms with E-state index in [0.29, 0.717) is 13.0 Å². The summed E-state index contributed by atoms with van der Waals surface area (Å²) in [7, 11) is -3.29. The van der Waals surface area contributed by atoms with E-state index < -0.39 is 10.1 Å². The van der Waals surface area contributed by atoms with Crippen molar-refractivity contribution in [3.63, 3.8) is 0 Å². The zero-order valence-electron chi connectivity index (χ0n) is 8.45. The van der Waals surface area contributed by atoms with E-state index in [9.17, 15) is 8.42 Å². The highest BCUT2D eigenvalue weighted by Gasteiger charge is 2.01. The van der Waals surface area contributed by atoms with E-state index in [1.165, 1.54) is 0 Å². The van der Waals surface area contributed by atoms with Crippen molar-refractivity contribution in [2.45, 2.75) is 32.8 Å². The van der Waals surface area contributed by atoms with Gasteiger partial charge in [-0.15, -0.1) is 0 Å². The highest BCUT2D eigenvalue weighted by atomic mass is 32.2. The minimum Gasteiger partial charge on any atom is -0.378 e. The summed E-state index contributed by atoms with van der Waals surface area (Å²) in [5, 5.41) is 0. The molecule has 13 heavy (non-hydrogen) atoms. The zero-order valence-corrected chi connectivity index (χ0v) is 9.26. The Kier molecular flexibility index (Phi) is 6.28. The van der Waals surface area contributed by atoms with Crippen molar-refractivity contribution in [3.8, 4) is 0 Å². The predicted octanol–water partition coefficient (Wildman–Crippen LogP) is 1.17. The molecular formula is C8H18O4S. The Balaban J connectivity index is 3.27. The second-order valence-corrected chi connectivity index (χ2v) is 4.61. The van der Waals surface area contributed by atoms with E-state index in [1.807, 2.05) is 13.8 Å². The SMILES string of the molecule is CC[C@H](C)OCCCOS(C)(=O)=O. The van der Waals surface area contributed by atoms with Gasteiger partial charge in [-0.1, -0.05) is 6.92 Å². The molecule has 1 atom stereocenters. The van der Waals surface area contributed by atoms with Crippen molar-refractivity contribution in [2.24, 2.45) is 0 Å². The first kappa shape index (κ1) is 12.9. The minimum absolute atomic E-state index is 0.204. The van der Waals surface area contributed by atoms with Crippen LogP contribution in [0.25, 0.3) is 0 Å². The lowest BCUT2D eigenvalue weighted by Gasteiger charge is -2.09. The molecule has 80 valence electrons. The maximum absolute atomic E-state index is 10.5. The first-order chi connectivity index (χ1) is 5.95. The van der Waals surface area contributed by atoms with Gasteiger partial charge < -0.3 is 4.74 Å². The molecule has 0 saturated carbocycles. The van der Waals surface area contributed by atoms with Crippen LogP contribution in [0.1, 0.15) is 26.7 Å². The van der Waals surface area contributed by atoms with Gasteiger partial charge in [0.05, 0.1) is 19.0 Å². The molecule has 0 fully saturated rings. The quantitative estimate of drug-likeness (QED) is 0.467. The summed E-state index contributed by atoms with van der Waals surface area (Å²) < 4.78 is 30.9. The van der Waals surface area contributed by atoms with E-state index >= 15 is 0 Å². The Morgan fingerprint density at radius 3 is 2.38 bits per heavy atom. The number of hydrogen-bond donors (Lipinski definition) is 0. The summed E-state index contributed by atoms with van der Waals surface area (Å²) in [6, 6.07) is 0. The van der Waals surface area contributed by atoms with Crippen molar-refractivity contribution in [1.82, 2.24) is 0 Å². The Morgan fingerprint density at radius 2 is 1.92 bits per heavy atom. The Labute approximate surface area is 80.4 Å². The molecule has 0 aromatic carbocycles. The molecule has 0 unspecified atom stereocenters. The minimum atomic E-state index is -3.29. The largest absolute Gasteiger partial charge is 0.378 e. The molecule has 0 heterocycles. The molecule has 0 rings (SSSR count). The van der Waals surface area contributed by atoms with Gasteiger partial charge in [-0.3, -0.25) is 4.18 Å². The normalized spacial score (nSPS) is 14.4. The fourth-order valence-electron chi connectivity index (χ4n) is 0.672. The van der Waals surface area contributed by atoms with Gasteiger partial charge in [0, 0.05) is 6.61 Å². The molecule has 0 aromatic heterocycles. The van der Waals surface area contributed by atoms with E-state index in [2.05, 4.69) is 4.18 Å². The molecule has 0 amide bonds. The third kappa shape index (κ3) is 9.79. The number of ether oxygens (including phenoxy) is 1. The average Bonchev–Trinajstić information content (AvgIpc) is 2.01. The van der Waals surface area contributed by atoms with Crippen LogP contribution in [-0.2, 0) is 19.0 Å². The van der Waals surface area contributed by atoms with Crippen LogP contribution in [0.2, 0.25) is 0 Å². The fraction of sp³-hybridized carbons (Fsp3) is 1.00. The molecule has 0 radical (unpaired) electrons. The molecule has 0 spiro atoms. The maximum atomic E-state index is 10.5. The molecule has 0 bridgehead atoms. The van der Waals surface area contributed by atoms with E-state index in [1.54, 1.807) is 0 Å². The van der Waals surface area contributed by atoms with Gasteiger partial charge >= 0.3 is 0 Å². The van der Waals surface area contributed by atoms with Crippen molar-refractivity contribution in [3.05, 3.63) is 0 Å². The fourth-order valence-corrected chi connectivity index (χ4v) is 1.09. The van der Waals surface area contributed by atoms with Gasteiger partial charge in [-0.05, 0) is 19.8 Å². The summed E-state index contributed by atoms with van der Waals surface area (Å²) in [6.07, 6.45) is 2.85. The van der Waals surface area contributed by atoms with Crippen LogP contribution in [-0.4, -0.2) is 34.0 Å². The highest BCUT2D eigenvalue weighted by Crippen LogP contribution is 1.97. The van der Waals surface area contributed by atoms with Crippen LogP contribution in [0.15, 0.2) is 0 Å². The van der Waals surface area contributed by atoms with Gasteiger partial charge in [0.15, 0.2) is 0 Å². The predicted molar refractivity (Wildman–Crippen MR) is 51.1 cm³/mol. The number of rotatable bonds is 7. The average molecular weight is 210 g/mol. The molecule has 4 nitrogen and oxygen atoms in total. The van der Waals surface area contributed by atoms with E-state index in [-0.39, 0.29) is 12.7 Å². The summed E-state index contributed by atoms with van der Waals surface area (Å²) in [5.41, 5.74) is 0. The van der Waals surface area contributed by atoms with Crippen LogP contribution in [0.5, 0.6) is 0 Å². The molecule has 0 aromatic rings.